The molecule has 0 radical (unpaired) electrons. The van der Waals surface area contributed by atoms with Crippen LogP contribution in [0.25, 0.3) is 11.4 Å². The minimum Gasteiger partial charge on any atom is -0.331 e. The molecule has 2 aliphatic rings. The molecular formula is C18H17N5O3. The predicted octanol–water partition coefficient (Wildman–Crippen LogP) is 0.588. The van der Waals surface area contributed by atoms with Crippen LogP contribution < -0.4 is 11.0 Å². The van der Waals surface area contributed by atoms with Crippen molar-refractivity contribution >= 4 is 17.5 Å². The lowest BCUT2D eigenvalue weighted by atomic mass is 10.0. The Bertz CT molecular complexity index is 965. The van der Waals surface area contributed by atoms with Crippen molar-refractivity contribution in [2.75, 3.05) is 6.54 Å². The second kappa shape index (κ2) is 6.55. The highest BCUT2D eigenvalue weighted by Crippen LogP contribution is 2.19. The Morgan fingerprint density at radius 3 is 2.62 bits per heavy atom. The third-order valence-electron chi connectivity index (χ3n) is 4.56. The summed E-state index contributed by atoms with van der Waals surface area (Å²) in [5.74, 6) is 0.0798. The summed E-state index contributed by atoms with van der Waals surface area (Å²) in [6.07, 6.45) is 1.02. The molecule has 0 aliphatic carbocycles. The topological polar surface area (TPSA) is 108 Å². The lowest BCUT2D eigenvalue weighted by molar-refractivity contribution is -0.125. The first-order valence-corrected chi connectivity index (χ1v) is 8.44. The van der Waals surface area contributed by atoms with E-state index < -0.39 is 0 Å². The number of hydrogen-bond acceptors (Lipinski definition) is 5. The van der Waals surface area contributed by atoms with Crippen molar-refractivity contribution in [2.45, 2.75) is 25.8 Å². The van der Waals surface area contributed by atoms with Crippen LogP contribution in [-0.2, 0) is 22.6 Å². The third-order valence-corrected chi connectivity index (χ3v) is 4.56. The molecule has 0 saturated heterocycles. The summed E-state index contributed by atoms with van der Waals surface area (Å²) in [5.41, 5.74) is 4.55. The average molecular weight is 351 g/mol. The van der Waals surface area contributed by atoms with E-state index in [2.05, 4.69) is 20.5 Å². The van der Waals surface area contributed by atoms with Gasteiger partial charge in [0.05, 0.1) is 12.2 Å². The van der Waals surface area contributed by atoms with Crippen molar-refractivity contribution < 1.29 is 9.59 Å². The smallest absolute Gasteiger partial charge is 0.270 e. The van der Waals surface area contributed by atoms with E-state index in [1.54, 1.807) is 4.90 Å². The first-order chi connectivity index (χ1) is 12.6. The lowest BCUT2D eigenvalue weighted by Gasteiger charge is -2.28. The summed E-state index contributed by atoms with van der Waals surface area (Å²) < 4.78 is 0. The summed E-state index contributed by atoms with van der Waals surface area (Å²) in [6.45, 7) is 0.680. The Kier molecular flexibility index (Phi) is 4.08. The molecule has 132 valence electrons. The second-order valence-corrected chi connectivity index (χ2v) is 6.28. The number of aromatic nitrogens is 2. The van der Waals surface area contributed by atoms with Crippen LogP contribution in [0, 0.1) is 0 Å². The number of carbonyl (C=O) groups excluding carboxylic acids is 2. The van der Waals surface area contributed by atoms with Gasteiger partial charge in [-0.05, 0) is 6.42 Å². The molecule has 0 spiro atoms. The molecule has 0 saturated carbocycles. The maximum atomic E-state index is 12.6. The van der Waals surface area contributed by atoms with E-state index in [-0.39, 0.29) is 30.3 Å². The molecule has 8 nitrogen and oxygen atoms in total. The van der Waals surface area contributed by atoms with Crippen molar-refractivity contribution in [1.29, 1.82) is 0 Å². The molecule has 2 N–H and O–H groups in total. The van der Waals surface area contributed by atoms with Gasteiger partial charge in [0, 0.05) is 30.5 Å². The normalized spacial score (nSPS) is 16.5. The molecule has 0 bridgehead atoms. The molecule has 26 heavy (non-hydrogen) atoms. The first-order valence-electron chi connectivity index (χ1n) is 8.44. The zero-order chi connectivity index (χ0) is 18.1. The number of benzene rings is 1. The summed E-state index contributed by atoms with van der Waals surface area (Å²) in [6, 6.07) is 9.38. The third kappa shape index (κ3) is 3.01. The molecule has 8 heteroatoms. The SMILES string of the molecule is O=C1CCC(C(=O)N2CCc3c(nc(-c4ccccc4)[nH]c3=O)C2)=NN1. The van der Waals surface area contributed by atoms with Crippen molar-refractivity contribution in [1.82, 2.24) is 20.3 Å². The van der Waals surface area contributed by atoms with Gasteiger partial charge in [-0.25, -0.2) is 10.4 Å². The number of aromatic amines is 1. The Labute approximate surface area is 148 Å². The van der Waals surface area contributed by atoms with Crippen LogP contribution >= 0.6 is 0 Å². The highest BCUT2D eigenvalue weighted by molar-refractivity contribution is 6.39. The van der Waals surface area contributed by atoms with Crippen LogP contribution in [-0.4, -0.2) is 38.9 Å². The van der Waals surface area contributed by atoms with Gasteiger partial charge >= 0.3 is 0 Å². The molecule has 1 aromatic heterocycles. The van der Waals surface area contributed by atoms with Crippen LogP contribution in [0.1, 0.15) is 24.1 Å². The van der Waals surface area contributed by atoms with E-state index >= 15 is 0 Å². The van der Waals surface area contributed by atoms with Gasteiger partial charge in [0.1, 0.15) is 11.5 Å². The Hall–Kier alpha value is -3.29. The first kappa shape index (κ1) is 16.2. The number of nitrogens with one attached hydrogen (secondary N) is 2. The number of carbonyl (C=O) groups is 2. The Morgan fingerprint density at radius 1 is 1.08 bits per heavy atom. The monoisotopic (exact) mass is 351 g/mol. The molecule has 0 atom stereocenters. The van der Waals surface area contributed by atoms with Crippen molar-refractivity contribution in [3.63, 3.8) is 0 Å². The number of H-pyrrole nitrogens is 1. The van der Waals surface area contributed by atoms with Crippen molar-refractivity contribution in [3.05, 3.63) is 51.9 Å². The number of nitrogens with zero attached hydrogens (tertiary/aromatic N) is 3. The molecule has 3 heterocycles. The zero-order valence-corrected chi connectivity index (χ0v) is 14.0. The summed E-state index contributed by atoms with van der Waals surface area (Å²) in [4.78, 5) is 45.3. The number of rotatable bonds is 2. The van der Waals surface area contributed by atoms with Gasteiger partial charge in [0.2, 0.25) is 5.91 Å². The Morgan fingerprint density at radius 2 is 1.88 bits per heavy atom. The molecule has 0 fully saturated rings. The fourth-order valence-electron chi connectivity index (χ4n) is 3.16. The number of hydrogen-bond donors (Lipinski definition) is 2. The van der Waals surface area contributed by atoms with E-state index in [1.165, 1.54) is 0 Å². The molecular weight excluding hydrogens is 334 g/mol. The maximum absolute atomic E-state index is 12.6. The van der Waals surface area contributed by atoms with Gasteiger partial charge in [-0.3, -0.25) is 14.4 Å². The van der Waals surface area contributed by atoms with Gasteiger partial charge in [0.25, 0.3) is 11.5 Å². The van der Waals surface area contributed by atoms with Gasteiger partial charge in [-0.1, -0.05) is 30.3 Å². The molecule has 2 aromatic rings. The van der Waals surface area contributed by atoms with Crippen LogP contribution in [0.3, 0.4) is 0 Å². The Balaban J connectivity index is 1.62. The molecule has 2 amide bonds. The van der Waals surface area contributed by atoms with E-state index in [0.29, 0.717) is 42.2 Å². The minimum absolute atomic E-state index is 0.164. The highest BCUT2D eigenvalue weighted by atomic mass is 16.2. The highest BCUT2D eigenvalue weighted by Gasteiger charge is 2.28. The van der Waals surface area contributed by atoms with E-state index in [9.17, 15) is 14.4 Å². The standard InChI is InChI=1S/C18H17N5O3/c24-15-7-6-13(21-22-15)18(26)23-9-8-12-14(10-23)19-16(20-17(12)25)11-4-2-1-3-5-11/h1-5H,6-10H2,(H,22,24)(H,19,20,25). The van der Waals surface area contributed by atoms with Gasteiger partial charge in [-0.2, -0.15) is 5.10 Å². The zero-order valence-electron chi connectivity index (χ0n) is 14.0. The predicted molar refractivity (Wildman–Crippen MR) is 94.2 cm³/mol. The van der Waals surface area contributed by atoms with Gasteiger partial charge in [0.15, 0.2) is 0 Å². The molecule has 0 unspecified atom stereocenters. The van der Waals surface area contributed by atoms with Gasteiger partial charge < -0.3 is 9.88 Å². The van der Waals surface area contributed by atoms with Crippen molar-refractivity contribution in [3.8, 4) is 11.4 Å². The van der Waals surface area contributed by atoms with Crippen molar-refractivity contribution in [2.24, 2.45) is 5.10 Å². The van der Waals surface area contributed by atoms with E-state index in [4.69, 9.17) is 0 Å². The van der Waals surface area contributed by atoms with Crippen LogP contribution in [0.2, 0.25) is 0 Å². The maximum Gasteiger partial charge on any atom is 0.270 e. The lowest BCUT2D eigenvalue weighted by Crippen LogP contribution is -2.44. The summed E-state index contributed by atoms with van der Waals surface area (Å²) in [5, 5.41) is 3.86. The fraction of sp³-hybridized carbons (Fsp3) is 0.278. The van der Waals surface area contributed by atoms with Gasteiger partial charge in [-0.15, -0.1) is 0 Å². The fourth-order valence-corrected chi connectivity index (χ4v) is 3.16. The molecule has 4 rings (SSSR count). The van der Waals surface area contributed by atoms with Crippen LogP contribution in [0.15, 0.2) is 40.2 Å². The quantitative estimate of drug-likeness (QED) is 0.825. The van der Waals surface area contributed by atoms with Crippen LogP contribution in [0.5, 0.6) is 0 Å². The summed E-state index contributed by atoms with van der Waals surface area (Å²) in [7, 11) is 0. The van der Waals surface area contributed by atoms with E-state index in [1.807, 2.05) is 30.3 Å². The summed E-state index contributed by atoms with van der Waals surface area (Å²) >= 11 is 0. The largest absolute Gasteiger partial charge is 0.331 e. The van der Waals surface area contributed by atoms with E-state index in [0.717, 1.165) is 5.56 Å². The number of amides is 2. The number of fused-ring (bicyclic) bond motifs is 1. The molecule has 2 aliphatic heterocycles. The van der Waals surface area contributed by atoms with Crippen LogP contribution in [0.4, 0.5) is 0 Å². The number of hydrazone groups is 1. The average Bonchev–Trinajstić information content (AvgIpc) is 2.68. The minimum atomic E-state index is -0.223. The second-order valence-electron chi connectivity index (χ2n) is 6.28. The molecule has 1 aromatic carbocycles.